The Balaban J connectivity index is 0.00000289. The van der Waals surface area contributed by atoms with E-state index >= 15 is 0 Å². The number of nitrogens with one attached hydrogen (secondary N) is 1. The normalized spacial score (nSPS) is 15.7. The summed E-state index contributed by atoms with van der Waals surface area (Å²) in [6, 6.07) is 7.39. The van der Waals surface area contributed by atoms with E-state index in [4.69, 9.17) is 0 Å². The molecule has 3 heterocycles. The molecule has 7 nitrogen and oxygen atoms in total. The molecule has 32 heavy (non-hydrogen) atoms. The van der Waals surface area contributed by atoms with Gasteiger partial charge in [-0.3, -0.25) is 19.3 Å². The number of amides is 2. The molecular weight excluding hydrogens is 443 g/mol. The summed E-state index contributed by atoms with van der Waals surface area (Å²) >= 11 is 0. The van der Waals surface area contributed by atoms with Gasteiger partial charge in [0.25, 0.3) is 11.8 Å². The largest absolute Gasteiger partial charge is 0.416 e. The highest BCUT2D eigenvalue weighted by molar-refractivity contribution is 7.59. The summed E-state index contributed by atoms with van der Waals surface area (Å²) in [4.78, 5) is 31.4. The van der Waals surface area contributed by atoms with Gasteiger partial charge in [0.2, 0.25) is 0 Å². The number of halogens is 3. The number of alkyl halides is 3. The molecule has 0 aliphatic carbocycles. The van der Waals surface area contributed by atoms with Crippen LogP contribution in [-0.4, -0.2) is 33.1 Å². The zero-order valence-electron chi connectivity index (χ0n) is 17.1. The van der Waals surface area contributed by atoms with Crippen molar-refractivity contribution in [2.75, 3.05) is 16.8 Å². The molecule has 0 saturated carbocycles. The third-order valence-electron chi connectivity index (χ3n) is 5.01. The molecule has 1 atom stereocenters. The SMILES string of the molecule is Cc1cc(NC(=O)c2cnn3c2C(=O)N(c2ccc(C(F)(F)F)cc2)C[C@@H]3C)ccn1.S. The Bertz CT molecular complexity index is 1160. The Hall–Kier alpha value is -3.34. The van der Waals surface area contributed by atoms with Crippen molar-refractivity contribution in [2.24, 2.45) is 0 Å². The zero-order chi connectivity index (χ0) is 22.3. The third kappa shape index (κ3) is 4.33. The fourth-order valence-electron chi connectivity index (χ4n) is 3.50. The molecule has 0 spiro atoms. The minimum Gasteiger partial charge on any atom is -0.322 e. The summed E-state index contributed by atoms with van der Waals surface area (Å²) in [7, 11) is 0. The molecule has 1 N–H and O–H groups in total. The molecule has 2 aromatic heterocycles. The maximum atomic E-state index is 13.2. The quantitative estimate of drug-likeness (QED) is 0.632. The number of aromatic nitrogens is 3. The Morgan fingerprint density at radius 1 is 1.19 bits per heavy atom. The van der Waals surface area contributed by atoms with Crippen LogP contribution in [0.25, 0.3) is 0 Å². The van der Waals surface area contributed by atoms with Gasteiger partial charge in [-0.2, -0.15) is 31.8 Å². The maximum absolute atomic E-state index is 13.2. The van der Waals surface area contributed by atoms with Gasteiger partial charge in [0.05, 0.1) is 23.4 Å². The second-order valence-electron chi connectivity index (χ2n) is 7.30. The summed E-state index contributed by atoms with van der Waals surface area (Å²) in [5.41, 5.74) is 0.922. The van der Waals surface area contributed by atoms with Gasteiger partial charge in [0.1, 0.15) is 5.69 Å². The van der Waals surface area contributed by atoms with Gasteiger partial charge in [0, 0.05) is 29.8 Å². The first-order valence-electron chi connectivity index (χ1n) is 9.46. The first-order valence-corrected chi connectivity index (χ1v) is 9.46. The summed E-state index contributed by atoms with van der Waals surface area (Å²) < 4.78 is 40.1. The van der Waals surface area contributed by atoms with E-state index in [0.29, 0.717) is 17.1 Å². The van der Waals surface area contributed by atoms with E-state index in [1.807, 2.05) is 6.92 Å². The minimum atomic E-state index is -4.47. The van der Waals surface area contributed by atoms with Crippen molar-refractivity contribution in [1.82, 2.24) is 14.8 Å². The van der Waals surface area contributed by atoms with Gasteiger partial charge in [-0.15, -0.1) is 0 Å². The molecule has 2 amide bonds. The predicted octanol–water partition coefficient (Wildman–Crippen LogP) is 4.19. The summed E-state index contributed by atoms with van der Waals surface area (Å²) in [6.45, 7) is 3.81. The van der Waals surface area contributed by atoms with Crippen LogP contribution in [0.2, 0.25) is 0 Å². The van der Waals surface area contributed by atoms with Gasteiger partial charge in [-0.25, -0.2) is 0 Å². The number of carbonyl (C=O) groups is 2. The van der Waals surface area contributed by atoms with Crippen molar-refractivity contribution < 1.29 is 22.8 Å². The topological polar surface area (TPSA) is 80.1 Å². The highest BCUT2D eigenvalue weighted by Gasteiger charge is 2.36. The average Bonchev–Trinajstić information content (AvgIpc) is 3.16. The predicted molar refractivity (Wildman–Crippen MR) is 117 cm³/mol. The van der Waals surface area contributed by atoms with Crippen LogP contribution in [0.5, 0.6) is 0 Å². The molecule has 0 bridgehead atoms. The van der Waals surface area contributed by atoms with Crippen LogP contribution in [0.4, 0.5) is 24.5 Å². The molecule has 4 rings (SSSR count). The number of fused-ring (bicyclic) bond motifs is 1. The van der Waals surface area contributed by atoms with E-state index in [2.05, 4.69) is 15.4 Å². The molecule has 0 fully saturated rings. The molecule has 3 aromatic rings. The average molecular weight is 463 g/mol. The van der Waals surface area contributed by atoms with Crippen LogP contribution in [0.15, 0.2) is 48.8 Å². The molecule has 1 aromatic carbocycles. The summed E-state index contributed by atoms with van der Waals surface area (Å²) in [5, 5.41) is 6.91. The number of anilines is 2. The number of carbonyl (C=O) groups excluding carboxylic acids is 2. The number of hydrogen-bond acceptors (Lipinski definition) is 4. The van der Waals surface area contributed by atoms with Crippen molar-refractivity contribution in [2.45, 2.75) is 26.1 Å². The molecule has 11 heteroatoms. The van der Waals surface area contributed by atoms with E-state index in [-0.39, 0.29) is 37.3 Å². The zero-order valence-corrected chi connectivity index (χ0v) is 18.1. The summed E-state index contributed by atoms with van der Waals surface area (Å²) in [6.07, 6.45) is -1.59. The van der Waals surface area contributed by atoms with Crippen LogP contribution >= 0.6 is 13.5 Å². The maximum Gasteiger partial charge on any atom is 0.416 e. The number of benzene rings is 1. The summed E-state index contributed by atoms with van der Waals surface area (Å²) in [5.74, 6) is -1.02. The van der Waals surface area contributed by atoms with Gasteiger partial charge in [-0.1, -0.05) is 0 Å². The number of hydrogen-bond donors (Lipinski definition) is 1. The van der Waals surface area contributed by atoms with Crippen molar-refractivity contribution in [3.8, 4) is 0 Å². The molecule has 0 unspecified atom stereocenters. The van der Waals surface area contributed by atoms with Crippen molar-refractivity contribution in [1.29, 1.82) is 0 Å². The standard InChI is InChI=1S/C21H18F3N5O2.H2S/c1-12-9-15(7-8-25-12)27-19(30)17-10-26-29-13(2)11-28(20(31)18(17)29)16-5-3-14(4-6-16)21(22,23)24;/h3-10,13H,11H2,1-2H3,(H,25,27,30);1H2/t13-;/m0./s1. The minimum absolute atomic E-state index is 0. The van der Waals surface area contributed by atoms with E-state index in [1.165, 1.54) is 27.9 Å². The van der Waals surface area contributed by atoms with Gasteiger partial charge < -0.3 is 10.2 Å². The van der Waals surface area contributed by atoms with Crippen molar-refractivity contribution in [3.63, 3.8) is 0 Å². The Morgan fingerprint density at radius 3 is 2.50 bits per heavy atom. The fraction of sp³-hybridized carbons (Fsp3) is 0.238. The first kappa shape index (κ1) is 23.3. The number of aryl methyl sites for hydroxylation is 1. The van der Waals surface area contributed by atoms with E-state index < -0.39 is 23.6 Å². The fourth-order valence-corrected chi connectivity index (χ4v) is 3.50. The number of rotatable bonds is 3. The molecule has 1 aliphatic rings. The van der Waals surface area contributed by atoms with Crippen LogP contribution in [0.3, 0.4) is 0 Å². The molecule has 168 valence electrons. The van der Waals surface area contributed by atoms with E-state index in [1.54, 1.807) is 25.3 Å². The molecular formula is C21H20F3N5O2S. The smallest absolute Gasteiger partial charge is 0.322 e. The Labute approximate surface area is 188 Å². The van der Waals surface area contributed by atoms with E-state index in [9.17, 15) is 22.8 Å². The third-order valence-corrected chi connectivity index (χ3v) is 5.01. The van der Waals surface area contributed by atoms with Crippen LogP contribution in [0.1, 0.15) is 45.1 Å². The monoisotopic (exact) mass is 463 g/mol. The molecule has 0 saturated heterocycles. The Morgan fingerprint density at radius 2 is 1.88 bits per heavy atom. The van der Waals surface area contributed by atoms with Gasteiger partial charge in [0.15, 0.2) is 0 Å². The first-order chi connectivity index (χ1) is 14.6. The number of nitrogens with zero attached hydrogens (tertiary/aromatic N) is 4. The lowest BCUT2D eigenvalue weighted by atomic mass is 10.1. The van der Waals surface area contributed by atoms with Gasteiger partial charge >= 0.3 is 6.18 Å². The van der Waals surface area contributed by atoms with Crippen LogP contribution in [-0.2, 0) is 6.18 Å². The second kappa shape index (κ2) is 8.65. The van der Waals surface area contributed by atoms with Crippen molar-refractivity contribution >= 4 is 36.7 Å². The highest BCUT2D eigenvalue weighted by Crippen LogP contribution is 2.33. The van der Waals surface area contributed by atoms with Crippen LogP contribution < -0.4 is 10.2 Å². The molecule has 1 aliphatic heterocycles. The second-order valence-corrected chi connectivity index (χ2v) is 7.30. The van der Waals surface area contributed by atoms with Gasteiger partial charge in [-0.05, 0) is 50.2 Å². The lowest BCUT2D eigenvalue weighted by Gasteiger charge is -2.32. The molecule has 0 radical (unpaired) electrons. The van der Waals surface area contributed by atoms with Crippen LogP contribution in [0, 0.1) is 6.92 Å². The Kier molecular flexibility index (Phi) is 6.31. The highest BCUT2D eigenvalue weighted by atomic mass is 32.1. The lowest BCUT2D eigenvalue weighted by Crippen LogP contribution is -2.43. The van der Waals surface area contributed by atoms with E-state index in [0.717, 1.165) is 12.1 Å². The lowest BCUT2D eigenvalue weighted by molar-refractivity contribution is -0.137. The number of pyridine rings is 1. The van der Waals surface area contributed by atoms with Crippen molar-refractivity contribution in [3.05, 3.63) is 71.3 Å².